The highest BCUT2D eigenvalue weighted by molar-refractivity contribution is 5.94. The molecular formula is C16H15F2N5O5. The van der Waals surface area contributed by atoms with E-state index in [1.807, 2.05) is 0 Å². The first-order valence-electron chi connectivity index (χ1n) is 7.71. The first-order chi connectivity index (χ1) is 13.1. The van der Waals surface area contributed by atoms with Crippen LogP contribution in [-0.2, 0) is 0 Å². The number of hydrogen-bond acceptors (Lipinski definition) is 5. The van der Waals surface area contributed by atoms with E-state index in [0.29, 0.717) is 6.20 Å². The molecule has 0 radical (unpaired) electrons. The minimum atomic E-state index is -3.19. The summed E-state index contributed by atoms with van der Waals surface area (Å²) in [6.07, 6.45) is 0.795. The van der Waals surface area contributed by atoms with E-state index in [2.05, 4.69) is 17.0 Å². The number of halogens is 2. The van der Waals surface area contributed by atoms with Crippen LogP contribution in [0.2, 0.25) is 0 Å². The maximum atomic E-state index is 13.3. The predicted molar refractivity (Wildman–Crippen MR) is 92.8 cm³/mol. The number of amides is 2. The van der Waals surface area contributed by atoms with Gasteiger partial charge in [-0.05, 0) is 30.2 Å². The number of aromatic nitrogens is 2. The second-order valence-corrected chi connectivity index (χ2v) is 5.59. The van der Waals surface area contributed by atoms with Crippen molar-refractivity contribution in [2.75, 3.05) is 0 Å². The van der Waals surface area contributed by atoms with Crippen molar-refractivity contribution in [2.45, 2.75) is 19.0 Å². The van der Waals surface area contributed by atoms with Crippen molar-refractivity contribution in [1.29, 1.82) is 0 Å². The molecule has 0 spiro atoms. The van der Waals surface area contributed by atoms with Gasteiger partial charge < -0.3 is 16.2 Å². The molecule has 28 heavy (non-hydrogen) atoms. The van der Waals surface area contributed by atoms with Crippen molar-refractivity contribution in [2.24, 2.45) is 5.73 Å². The molecule has 10 nitrogen and oxygen atoms in total. The summed E-state index contributed by atoms with van der Waals surface area (Å²) in [5, 5.41) is 25.8. The Labute approximate surface area is 156 Å². The van der Waals surface area contributed by atoms with Crippen LogP contribution in [0, 0.1) is 10.1 Å². The SMILES string of the molecule is C=CC[C@H](NC(=O)O)c1cc(C(N)=O)cc(-c2c([N+](=O)[O-])cnn2C(F)F)c1. The normalized spacial score (nSPS) is 11.8. The van der Waals surface area contributed by atoms with Crippen LogP contribution in [0.5, 0.6) is 0 Å². The van der Waals surface area contributed by atoms with Gasteiger partial charge in [0.05, 0.1) is 11.0 Å². The fraction of sp³-hybridized carbons (Fsp3) is 0.188. The zero-order valence-electron chi connectivity index (χ0n) is 14.2. The topological polar surface area (TPSA) is 153 Å². The zero-order valence-corrected chi connectivity index (χ0v) is 14.2. The third kappa shape index (κ3) is 4.28. The largest absolute Gasteiger partial charge is 0.465 e. The molecule has 2 aromatic rings. The van der Waals surface area contributed by atoms with Crippen LogP contribution >= 0.6 is 0 Å². The number of carbonyl (C=O) groups excluding carboxylic acids is 1. The molecule has 1 aromatic carbocycles. The van der Waals surface area contributed by atoms with Gasteiger partial charge >= 0.3 is 18.3 Å². The fourth-order valence-corrected chi connectivity index (χ4v) is 2.64. The van der Waals surface area contributed by atoms with E-state index in [0.717, 1.165) is 6.07 Å². The Kier molecular flexibility index (Phi) is 6.03. The van der Waals surface area contributed by atoms with E-state index in [1.165, 1.54) is 18.2 Å². The minimum absolute atomic E-state index is 0.101. The number of nitrogens with two attached hydrogens (primary N) is 1. The molecule has 0 aliphatic rings. The molecular weight excluding hydrogens is 380 g/mol. The predicted octanol–water partition coefficient (Wildman–Crippen LogP) is 2.84. The molecule has 0 aliphatic heterocycles. The van der Waals surface area contributed by atoms with E-state index in [1.54, 1.807) is 0 Å². The van der Waals surface area contributed by atoms with Crippen molar-refractivity contribution in [3.05, 3.63) is 58.3 Å². The molecule has 1 heterocycles. The Hall–Kier alpha value is -3.83. The molecule has 12 heteroatoms. The van der Waals surface area contributed by atoms with Crippen LogP contribution in [0.3, 0.4) is 0 Å². The maximum Gasteiger partial charge on any atom is 0.405 e. The lowest BCUT2D eigenvalue weighted by molar-refractivity contribution is -0.384. The first-order valence-corrected chi connectivity index (χ1v) is 7.71. The summed E-state index contributed by atoms with van der Waals surface area (Å²) >= 11 is 0. The average Bonchev–Trinajstić information content (AvgIpc) is 3.06. The molecule has 0 fully saturated rings. The Bertz CT molecular complexity index is 944. The Morgan fingerprint density at radius 3 is 2.61 bits per heavy atom. The van der Waals surface area contributed by atoms with Gasteiger partial charge in [-0.25, -0.2) is 4.79 Å². The highest BCUT2D eigenvalue weighted by Crippen LogP contribution is 2.35. The van der Waals surface area contributed by atoms with E-state index >= 15 is 0 Å². The van der Waals surface area contributed by atoms with Gasteiger partial charge in [-0.2, -0.15) is 18.6 Å². The molecule has 1 aromatic heterocycles. The highest BCUT2D eigenvalue weighted by atomic mass is 19.3. The second-order valence-electron chi connectivity index (χ2n) is 5.59. The molecule has 0 saturated carbocycles. The third-order valence-electron chi connectivity index (χ3n) is 3.77. The molecule has 0 aliphatic carbocycles. The van der Waals surface area contributed by atoms with Crippen LogP contribution in [-0.4, -0.2) is 31.8 Å². The lowest BCUT2D eigenvalue weighted by atomic mass is 9.96. The molecule has 4 N–H and O–H groups in total. The zero-order chi connectivity index (χ0) is 21.0. The van der Waals surface area contributed by atoms with Gasteiger partial charge in [0.2, 0.25) is 5.91 Å². The first kappa shape index (κ1) is 20.5. The van der Waals surface area contributed by atoms with Crippen LogP contribution in [0.25, 0.3) is 11.3 Å². The number of carboxylic acid groups (broad SMARTS) is 1. The lowest BCUT2D eigenvalue weighted by Gasteiger charge is -2.18. The number of hydrogen-bond donors (Lipinski definition) is 3. The van der Waals surface area contributed by atoms with E-state index < -0.39 is 40.9 Å². The Balaban J connectivity index is 2.75. The van der Waals surface area contributed by atoms with Gasteiger partial charge in [0, 0.05) is 11.1 Å². The van der Waals surface area contributed by atoms with Crippen LogP contribution < -0.4 is 11.1 Å². The summed E-state index contributed by atoms with van der Waals surface area (Å²) in [6.45, 7) is 0.321. The number of nitrogens with zero attached hydrogens (tertiary/aromatic N) is 3. The van der Waals surface area contributed by atoms with Crippen molar-refractivity contribution in [1.82, 2.24) is 15.1 Å². The summed E-state index contributed by atoms with van der Waals surface area (Å²) < 4.78 is 26.7. The standard InChI is InChI=1S/C16H15F2N5O5/c1-2-3-11(21-16(25)26)8-4-9(6-10(5-8)14(19)24)13-12(23(27)28)7-20-22(13)15(17)18/h2,4-7,11,15,21H,1,3H2,(H2,19,24)(H,25,26)/t11-/m0/s1. The number of rotatable bonds is 8. The summed E-state index contributed by atoms with van der Waals surface area (Å²) in [5.41, 5.74) is 3.92. The number of alkyl halides is 2. The van der Waals surface area contributed by atoms with Gasteiger partial charge in [-0.15, -0.1) is 6.58 Å². The number of benzene rings is 1. The van der Waals surface area contributed by atoms with E-state index in [9.17, 15) is 28.5 Å². The molecule has 2 rings (SSSR count). The van der Waals surface area contributed by atoms with Gasteiger partial charge in [-0.3, -0.25) is 14.9 Å². The number of primary amides is 1. The van der Waals surface area contributed by atoms with Crippen molar-refractivity contribution < 1.29 is 28.4 Å². The summed E-state index contributed by atoms with van der Waals surface area (Å²) in [5.74, 6) is -0.929. The second kappa shape index (κ2) is 8.24. The van der Waals surface area contributed by atoms with Gasteiger partial charge in [0.1, 0.15) is 6.20 Å². The van der Waals surface area contributed by atoms with Crippen LogP contribution in [0.15, 0.2) is 37.1 Å². The maximum absolute atomic E-state index is 13.3. The lowest BCUT2D eigenvalue weighted by Crippen LogP contribution is -2.27. The molecule has 0 unspecified atom stereocenters. The number of nitro groups is 1. The highest BCUT2D eigenvalue weighted by Gasteiger charge is 2.28. The van der Waals surface area contributed by atoms with Crippen molar-refractivity contribution in [3.8, 4) is 11.3 Å². The molecule has 148 valence electrons. The van der Waals surface area contributed by atoms with Crippen molar-refractivity contribution >= 4 is 17.7 Å². The molecule has 1 atom stereocenters. The van der Waals surface area contributed by atoms with E-state index in [-0.39, 0.29) is 27.8 Å². The fourth-order valence-electron chi connectivity index (χ4n) is 2.64. The van der Waals surface area contributed by atoms with Gasteiger partial charge in [0.25, 0.3) is 0 Å². The molecule has 0 bridgehead atoms. The Morgan fingerprint density at radius 1 is 1.43 bits per heavy atom. The molecule has 2 amide bonds. The average molecular weight is 395 g/mol. The van der Waals surface area contributed by atoms with E-state index in [4.69, 9.17) is 10.8 Å². The molecule has 0 saturated heterocycles. The van der Waals surface area contributed by atoms with Crippen molar-refractivity contribution in [3.63, 3.8) is 0 Å². The number of nitrogens with one attached hydrogen (secondary N) is 1. The summed E-state index contributed by atoms with van der Waals surface area (Å²) in [6, 6.07) is 2.72. The minimum Gasteiger partial charge on any atom is -0.465 e. The number of carbonyl (C=O) groups is 2. The monoisotopic (exact) mass is 395 g/mol. The smallest absolute Gasteiger partial charge is 0.405 e. The van der Waals surface area contributed by atoms with Gasteiger partial charge in [-0.1, -0.05) is 6.08 Å². The summed E-state index contributed by atoms with van der Waals surface area (Å²) in [7, 11) is 0. The summed E-state index contributed by atoms with van der Waals surface area (Å²) in [4.78, 5) is 33.0. The van der Waals surface area contributed by atoms with Crippen LogP contribution in [0.4, 0.5) is 19.3 Å². The third-order valence-corrected chi connectivity index (χ3v) is 3.77. The van der Waals surface area contributed by atoms with Gasteiger partial charge in [0.15, 0.2) is 5.69 Å². The quantitative estimate of drug-likeness (QED) is 0.355. The Morgan fingerprint density at radius 2 is 2.11 bits per heavy atom. The van der Waals surface area contributed by atoms with Crippen LogP contribution in [0.1, 0.15) is 34.9 Å².